The molecule has 5 heteroatoms. The first-order chi connectivity index (χ1) is 9.99. The third-order valence-corrected chi connectivity index (χ3v) is 4.84. The van der Waals surface area contributed by atoms with Gasteiger partial charge in [-0.25, -0.2) is 0 Å². The van der Waals surface area contributed by atoms with E-state index < -0.39 is 5.92 Å². The minimum absolute atomic E-state index is 0.0918. The lowest BCUT2D eigenvalue weighted by Crippen LogP contribution is -2.33. The molecule has 4 rings (SSSR count). The molecule has 0 fully saturated rings. The first kappa shape index (κ1) is 12.3. The van der Waals surface area contributed by atoms with Crippen LogP contribution in [0.25, 0.3) is 0 Å². The molecule has 0 bridgehead atoms. The molecule has 0 heterocycles. The zero-order valence-electron chi connectivity index (χ0n) is 11.1. The molecular formula is C16H14O5. The van der Waals surface area contributed by atoms with Crippen LogP contribution < -0.4 is 0 Å². The third kappa shape index (κ3) is 1.43. The van der Waals surface area contributed by atoms with Crippen LogP contribution in [0.1, 0.15) is 40.2 Å². The van der Waals surface area contributed by atoms with Gasteiger partial charge < -0.3 is 20.4 Å². The molecule has 0 radical (unpaired) electrons. The lowest BCUT2D eigenvalue weighted by Gasteiger charge is -2.41. The number of allylic oxidation sites excluding steroid dienone is 3. The average Bonchev–Trinajstić information content (AvgIpc) is 2.46. The quantitative estimate of drug-likeness (QED) is 0.549. The van der Waals surface area contributed by atoms with Crippen LogP contribution in [0, 0.1) is 5.92 Å². The fourth-order valence-corrected chi connectivity index (χ4v) is 3.92. The van der Waals surface area contributed by atoms with Gasteiger partial charge >= 0.3 is 0 Å². The molecule has 3 aliphatic carbocycles. The summed E-state index contributed by atoms with van der Waals surface area (Å²) < 4.78 is 0. The lowest BCUT2D eigenvalue weighted by atomic mass is 9.63. The number of ketones is 1. The Morgan fingerprint density at radius 3 is 2.62 bits per heavy atom. The minimum Gasteiger partial charge on any atom is -0.508 e. The summed E-state index contributed by atoms with van der Waals surface area (Å²) in [5.74, 6) is -1.67. The first-order valence-corrected chi connectivity index (χ1v) is 6.92. The molecule has 21 heavy (non-hydrogen) atoms. The van der Waals surface area contributed by atoms with Crippen molar-refractivity contribution in [3.8, 4) is 11.5 Å². The Morgan fingerprint density at radius 2 is 1.86 bits per heavy atom. The second-order valence-corrected chi connectivity index (χ2v) is 5.89. The number of carbonyl (C=O) groups is 1. The van der Waals surface area contributed by atoms with Crippen LogP contribution in [0.5, 0.6) is 11.5 Å². The molecule has 0 aromatic heterocycles. The molecule has 0 spiro atoms. The maximum absolute atomic E-state index is 12.3. The van der Waals surface area contributed by atoms with Crippen LogP contribution in [-0.4, -0.2) is 26.2 Å². The lowest BCUT2D eigenvalue weighted by molar-refractivity contribution is 0.0927. The van der Waals surface area contributed by atoms with Gasteiger partial charge in [-0.3, -0.25) is 4.79 Å². The van der Waals surface area contributed by atoms with E-state index in [2.05, 4.69) is 0 Å². The molecule has 3 aliphatic rings. The molecule has 0 saturated carbocycles. The van der Waals surface area contributed by atoms with Crippen LogP contribution >= 0.6 is 0 Å². The van der Waals surface area contributed by atoms with Crippen molar-refractivity contribution >= 4 is 5.78 Å². The second kappa shape index (κ2) is 3.81. The summed E-state index contributed by atoms with van der Waals surface area (Å²) in [6.45, 7) is 0. The van der Waals surface area contributed by atoms with Gasteiger partial charge in [0.15, 0.2) is 23.0 Å². The monoisotopic (exact) mass is 286 g/mol. The standard InChI is InChI=1S/C16H14O5/c17-10-5-9-13-6(3-11(18)16(9)21)1-2-7-14(13)8(10)4-12(19)15(7)20/h3-4,9,13,18-21H,1-2,5H2. The summed E-state index contributed by atoms with van der Waals surface area (Å²) in [4.78, 5) is 12.3. The molecule has 0 saturated heterocycles. The largest absolute Gasteiger partial charge is 0.508 e. The molecule has 2 unspecified atom stereocenters. The van der Waals surface area contributed by atoms with Crippen LogP contribution in [0.3, 0.4) is 0 Å². The van der Waals surface area contributed by atoms with Gasteiger partial charge in [0.05, 0.1) is 0 Å². The van der Waals surface area contributed by atoms with E-state index in [0.29, 0.717) is 29.5 Å². The van der Waals surface area contributed by atoms with Crippen molar-refractivity contribution in [1.29, 1.82) is 0 Å². The average molecular weight is 286 g/mol. The zero-order valence-corrected chi connectivity index (χ0v) is 11.1. The van der Waals surface area contributed by atoms with Crippen molar-refractivity contribution in [3.63, 3.8) is 0 Å². The highest BCUT2D eigenvalue weighted by Gasteiger charge is 2.45. The predicted molar refractivity (Wildman–Crippen MR) is 73.6 cm³/mol. The topological polar surface area (TPSA) is 98.0 Å². The fourth-order valence-electron chi connectivity index (χ4n) is 3.92. The molecular weight excluding hydrogens is 272 g/mol. The Hall–Kier alpha value is -2.43. The summed E-state index contributed by atoms with van der Waals surface area (Å²) in [5, 5.41) is 39.8. The molecule has 108 valence electrons. The molecule has 1 aromatic rings. The normalized spacial score (nSPS) is 26.5. The van der Waals surface area contributed by atoms with E-state index in [1.807, 2.05) is 0 Å². The van der Waals surface area contributed by atoms with Gasteiger partial charge in [-0.15, -0.1) is 0 Å². The molecule has 2 atom stereocenters. The maximum atomic E-state index is 12.3. The van der Waals surface area contributed by atoms with E-state index in [0.717, 1.165) is 5.57 Å². The van der Waals surface area contributed by atoms with Gasteiger partial charge in [0.25, 0.3) is 0 Å². The number of aliphatic hydroxyl groups is 2. The number of phenolic OH excluding ortho intramolecular Hbond substituents is 2. The number of Topliss-reactive ketones (excluding diaryl/α,β-unsaturated/α-hetero) is 1. The Bertz CT molecular complexity index is 756. The van der Waals surface area contributed by atoms with E-state index in [4.69, 9.17) is 0 Å². The minimum atomic E-state index is -0.479. The van der Waals surface area contributed by atoms with Crippen molar-refractivity contribution < 1.29 is 25.2 Å². The predicted octanol–water partition coefficient (Wildman–Crippen LogP) is 2.60. The van der Waals surface area contributed by atoms with Gasteiger partial charge in [-0.1, -0.05) is 5.57 Å². The zero-order chi connectivity index (χ0) is 14.9. The van der Waals surface area contributed by atoms with Crippen molar-refractivity contribution in [3.05, 3.63) is 45.9 Å². The van der Waals surface area contributed by atoms with Gasteiger partial charge in [0.2, 0.25) is 0 Å². The smallest absolute Gasteiger partial charge is 0.164 e. The van der Waals surface area contributed by atoms with Crippen LogP contribution in [0.2, 0.25) is 0 Å². The van der Waals surface area contributed by atoms with Crippen molar-refractivity contribution in [2.45, 2.75) is 25.2 Å². The van der Waals surface area contributed by atoms with Crippen molar-refractivity contribution in [2.24, 2.45) is 5.92 Å². The number of benzene rings is 1. The Morgan fingerprint density at radius 1 is 1.10 bits per heavy atom. The highest BCUT2D eigenvalue weighted by molar-refractivity contribution is 6.01. The SMILES string of the molecule is O=C1CC2C(O)=C(O)C=C3CCc4c(O)c(O)cc1c4C32. The van der Waals surface area contributed by atoms with E-state index in [1.54, 1.807) is 6.08 Å². The summed E-state index contributed by atoms with van der Waals surface area (Å²) in [5.41, 5.74) is 2.66. The Balaban J connectivity index is 2.05. The second-order valence-electron chi connectivity index (χ2n) is 5.89. The van der Waals surface area contributed by atoms with E-state index in [9.17, 15) is 25.2 Å². The van der Waals surface area contributed by atoms with Crippen LogP contribution in [-0.2, 0) is 6.42 Å². The summed E-state index contributed by atoms with van der Waals surface area (Å²) >= 11 is 0. The number of aromatic hydroxyl groups is 2. The number of hydrogen-bond acceptors (Lipinski definition) is 5. The van der Waals surface area contributed by atoms with E-state index >= 15 is 0 Å². The number of aliphatic hydroxyl groups excluding tert-OH is 2. The van der Waals surface area contributed by atoms with E-state index in [1.165, 1.54) is 6.07 Å². The van der Waals surface area contributed by atoms with Crippen molar-refractivity contribution in [2.75, 3.05) is 0 Å². The third-order valence-electron chi connectivity index (χ3n) is 4.84. The molecule has 5 nitrogen and oxygen atoms in total. The maximum Gasteiger partial charge on any atom is 0.164 e. The molecule has 0 aliphatic heterocycles. The van der Waals surface area contributed by atoms with Crippen LogP contribution in [0.15, 0.2) is 29.2 Å². The van der Waals surface area contributed by atoms with Crippen LogP contribution in [0.4, 0.5) is 0 Å². The summed E-state index contributed by atoms with van der Waals surface area (Å²) in [6.07, 6.45) is 2.77. The number of carbonyl (C=O) groups excluding carboxylic acids is 1. The Kier molecular flexibility index (Phi) is 2.24. The summed E-state index contributed by atoms with van der Waals surface area (Å²) in [6, 6.07) is 1.31. The number of rotatable bonds is 0. The molecule has 1 aromatic carbocycles. The fraction of sp³-hybridized carbons (Fsp3) is 0.312. The van der Waals surface area contributed by atoms with Gasteiger partial charge in [-0.05, 0) is 30.5 Å². The van der Waals surface area contributed by atoms with Gasteiger partial charge in [0, 0.05) is 29.4 Å². The first-order valence-electron chi connectivity index (χ1n) is 6.92. The number of hydrogen-bond donors (Lipinski definition) is 4. The Labute approximate surface area is 120 Å². The highest BCUT2D eigenvalue weighted by atomic mass is 16.3. The molecule has 0 amide bonds. The molecule has 4 N–H and O–H groups in total. The summed E-state index contributed by atoms with van der Waals surface area (Å²) in [7, 11) is 0. The highest BCUT2D eigenvalue weighted by Crippen LogP contribution is 2.54. The van der Waals surface area contributed by atoms with E-state index in [-0.39, 0.29) is 41.1 Å². The number of phenols is 2. The van der Waals surface area contributed by atoms with Crippen molar-refractivity contribution in [1.82, 2.24) is 0 Å². The van der Waals surface area contributed by atoms with Gasteiger partial charge in [0.1, 0.15) is 5.76 Å². The van der Waals surface area contributed by atoms with Gasteiger partial charge in [-0.2, -0.15) is 0 Å².